The van der Waals surface area contributed by atoms with Gasteiger partial charge in [-0.05, 0) is 43.4 Å². The SMILES string of the molecule is O=C(/C=C/c1cccc2cccnc12)OCC(=O)N(Cc1ccccc1)c1nc2c(s1)CCCC2. The third-order valence-electron chi connectivity index (χ3n) is 5.95. The number of fused-ring (bicyclic) bond motifs is 2. The summed E-state index contributed by atoms with van der Waals surface area (Å²) < 4.78 is 5.32. The number of anilines is 1. The van der Waals surface area contributed by atoms with Gasteiger partial charge in [-0.2, -0.15) is 0 Å². The van der Waals surface area contributed by atoms with Gasteiger partial charge in [0.1, 0.15) is 0 Å². The van der Waals surface area contributed by atoms with Crippen LogP contribution in [0.3, 0.4) is 0 Å². The van der Waals surface area contributed by atoms with E-state index >= 15 is 0 Å². The number of aryl methyl sites for hydroxylation is 2. The second-order valence-electron chi connectivity index (χ2n) is 8.40. The van der Waals surface area contributed by atoms with E-state index in [9.17, 15) is 9.59 Å². The highest BCUT2D eigenvalue weighted by molar-refractivity contribution is 7.15. The second kappa shape index (κ2) is 10.6. The van der Waals surface area contributed by atoms with Crippen molar-refractivity contribution >= 4 is 45.3 Å². The minimum atomic E-state index is -0.579. The number of carbonyl (C=O) groups is 2. The van der Waals surface area contributed by atoms with Gasteiger partial charge in [0.15, 0.2) is 11.7 Å². The lowest BCUT2D eigenvalue weighted by Crippen LogP contribution is -2.34. The van der Waals surface area contributed by atoms with E-state index in [0.29, 0.717) is 11.7 Å². The Balaban J connectivity index is 1.29. The molecular weight excluding hydrogens is 458 g/mol. The molecule has 2 aromatic heterocycles. The van der Waals surface area contributed by atoms with E-state index in [2.05, 4.69) is 4.98 Å². The number of benzene rings is 2. The van der Waals surface area contributed by atoms with Crippen LogP contribution in [-0.2, 0) is 33.7 Å². The van der Waals surface area contributed by atoms with Gasteiger partial charge in [-0.25, -0.2) is 9.78 Å². The van der Waals surface area contributed by atoms with E-state index in [1.165, 1.54) is 11.0 Å². The van der Waals surface area contributed by atoms with Crippen LogP contribution < -0.4 is 4.90 Å². The van der Waals surface area contributed by atoms with E-state index in [-0.39, 0.29) is 12.5 Å². The van der Waals surface area contributed by atoms with Gasteiger partial charge in [-0.1, -0.05) is 54.6 Å². The van der Waals surface area contributed by atoms with Crippen molar-refractivity contribution in [1.29, 1.82) is 0 Å². The molecule has 0 bridgehead atoms. The first-order valence-corrected chi connectivity index (χ1v) is 12.5. The summed E-state index contributed by atoms with van der Waals surface area (Å²) in [7, 11) is 0. The van der Waals surface area contributed by atoms with Crippen LogP contribution in [0.15, 0.2) is 72.9 Å². The fourth-order valence-corrected chi connectivity index (χ4v) is 5.33. The third-order valence-corrected chi connectivity index (χ3v) is 7.13. The predicted molar refractivity (Wildman–Crippen MR) is 138 cm³/mol. The Labute approximate surface area is 207 Å². The van der Waals surface area contributed by atoms with Crippen molar-refractivity contribution in [2.24, 2.45) is 0 Å². The number of pyridine rings is 1. The minimum absolute atomic E-state index is 0.298. The molecule has 0 spiro atoms. The molecule has 0 saturated heterocycles. The zero-order valence-electron chi connectivity index (χ0n) is 19.2. The highest BCUT2D eigenvalue weighted by atomic mass is 32.1. The molecule has 0 N–H and O–H groups in total. The quantitative estimate of drug-likeness (QED) is 0.261. The van der Waals surface area contributed by atoms with Crippen LogP contribution >= 0.6 is 11.3 Å². The molecule has 0 atom stereocenters. The van der Waals surface area contributed by atoms with Gasteiger partial charge in [0.05, 0.1) is 17.8 Å². The Kier molecular flexibility index (Phi) is 6.95. The largest absolute Gasteiger partial charge is 0.452 e. The third kappa shape index (κ3) is 5.46. The number of amides is 1. The van der Waals surface area contributed by atoms with Crippen molar-refractivity contribution in [1.82, 2.24) is 9.97 Å². The normalized spacial score (nSPS) is 13.0. The van der Waals surface area contributed by atoms with Gasteiger partial charge in [-0.15, -0.1) is 11.3 Å². The van der Waals surface area contributed by atoms with Crippen LogP contribution in [0.1, 0.15) is 34.5 Å². The molecule has 0 unspecified atom stereocenters. The van der Waals surface area contributed by atoms with Gasteiger partial charge >= 0.3 is 5.97 Å². The predicted octanol–water partition coefficient (Wildman–Crippen LogP) is 5.36. The number of thiazole rings is 1. The second-order valence-corrected chi connectivity index (χ2v) is 9.46. The summed E-state index contributed by atoms with van der Waals surface area (Å²) in [6.45, 7) is 0.0230. The molecule has 0 radical (unpaired) electrons. The highest BCUT2D eigenvalue weighted by Gasteiger charge is 2.24. The molecule has 4 aromatic rings. The molecule has 7 heteroatoms. The molecule has 0 saturated carbocycles. The van der Waals surface area contributed by atoms with Gasteiger partial charge in [0, 0.05) is 28.1 Å². The zero-order valence-corrected chi connectivity index (χ0v) is 20.0. The monoisotopic (exact) mass is 483 g/mol. The van der Waals surface area contributed by atoms with E-state index in [4.69, 9.17) is 9.72 Å². The maximum Gasteiger partial charge on any atom is 0.331 e. The Morgan fingerprint density at radius 2 is 1.83 bits per heavy atom. The van der Waals surface area contributed by atoms with Gasteiger partial charge in [0.2, 0.25) is 0 Å². The first kappa shape index (κ1) is 22.9. The fourth-order valence-electron chi connectivity index (χ4n) is 4.16. The van der Waals surface area contributed by atoms with Crippen molar-refractivity contribution in [3.63, 3.8) is 0 Å². The van der Waals surface area contributed by atoms with Crippen molar-refractivity contribution < 1.29 is 14.3 Å². The summed E-state index contributed by atoms with van der Waals surface area (Å²) in [4.78, 5) is 37.6. The standard InChI is InChI=1S/C28H25N3O3S/c32-25(19-34-26(33)16-15-22-11-6-10-21-12-7-17-29-27(21)22)31(18-20-8-2-1-3-9-20)28-30-23-13-4-5-14-24(23)35-28/h1-3,6-12,15-17H,4-5,13-14,18-19H2/b16-15+. The summed E-state index contributed by atoms with van der Waals surface area (Å²) in [5, 5.41) is 1.65. The first-order valence-electron chi connectivity index (χ1n) is 11.7. The summed E-state index contributed by atoms with van der Waals surface area (Å²) in [5.41, 5.74) is 3.69. The molecule has 0 fully saturated rings. The number of hydrogen-bond donors (Lipinski definition) is 0. The zero-order chi connectivity index (χ0) is 24.0. The summed E-state index contributed by atoms with van der Waals surface area (Å²) in [6.07, 6.45) is 8.94. The van der Waals surface area contributed by atoms with Gasteiger partial charge in [0.25, 0.3) is 5.91 Å². The maximum absolute atomic E-state index is 13.2. The lowest BCUT2D eigenvalue weighted by atomic mass is 10.0. The van der Waals surface area contributed by atoms with Crippen LogP contribution in [0.25, 0.3) is 17.0 Å². The molecule has 2 aromatic carbocycles. The van der Waals surface area contributed by atoms with Crippen LogP contribution in [0.5, 0.6) is 0 Å². The van der Waals surface area contributed by atoms with Crippen LogP contribution in [-0.4, -0.2) is 28.5 Å². The Morgan fingerprint density at radius 1 is 1.00 bits per heavy atom. The molecule has 0 aliphatic heterocycles. The number of esters is 1. The molecule has 6 nitrogen and oxygen atoms in total. The number of nitrogens with zero attached hydrogens (tertiary/aromatic N) is 3. The maximum atomic E-state index is 13.2. The Morgan fingerprint density at radius 3 is 2.69 bits per heavy atom. The van der Waals surface area contributed by atoms with E-state index < -0.39 is 5.97 Å². The van der Waals surface area contributed by atoms with Crippen molar-refractivity contribution in [2.75, 3.05) is 11.5 Å². The molecule has 176 valence electrons. The lowest BCUT2D eigenvalue weighted by molar-refractivity contribution is -0.142. The number of aromatic nitrogens is 2. The fraction of sp³-hybridized carbons (Fsp3) is 0.214. The number of rotatable bonds is 7. The van der Waals surface area contributed by atoms with Crippen molar-refractivity contribution in [3.8, 4) is 0 Å². The topological polar surface area (TPSA) is 72.4 Å². The summed E-state index contributed by atoms with van der Waals surface area (Å²) in [5.74, 6) is -0.877. The molecule has 1 amide bonds. The van der Waals surface area contributed by atoms with Gasteiger partial charge < -0.3 is 4.74 Å². The molecular formula is C28H25N3O3S. The lowest BCUT2D eigenvalue weighted by Gasteiger charge is -2.20. The average molecular weight is 484 g/mol. The van der Waals surface area contributed by atoms with E-state index in [0.717, 1.165) is 53.4 Å². The molecule has 1 aliphatic rings. The first-order chi connectivity index (χ1) is 17.2. The number of para-hydroxylation sites is 1. The molecule has 35 heavy (non-hydrogen) atoms. The smallest absolute Gasteiger partial charge is 0.331 e. The van der Waals surface area contributed by atoms with Crippen molar-refractivity contribution in [2.45, 2.75) is 32.2 Å². The highest BCUT2D eigenvalue weighted by Crippen LogP contribution is 2.32. The van der Waals surface area contributed by atoms with Crippen LogP contribution in [0.4, 0.5) is 5.13 Å². The van der Waals surface area contributed by atoms with E-state index in [1.54, 1.807) is 28.5 Å². The van der Waals surface area contributed by atoms with E-state index in [1.807, 2.05) is 60.7 Å². The molecule has 1 aliphatic carbocycles. The van der Waals surface area contributed by atoms with Crippen LogP contribution in [0.2, 0.25) is 0 Å². The number of hydrogen-bond acceptors (Lipinski definition) is 6. The number of carbonyl (C=O) groups excluding carboxylic acids is 2. The van der Waals surface area contributed by atoms with Crippen LogP contribution in [0, 0.1) is 0 Å². The number of ether oxygens (including phenoxy) is 1. The molecule has 5 rings (SSSR count). The molecule has 2 heterocycles. The average Bonchev–Trinajstić information content (AvgIpc) is 3.33. The Hall–Kier alpha value is -3.84. The summed E-state index contributed by atoms with van der Waals surface area (Å²) >= 11 is 1.57. The van der Waals surface area contributed by atoms with Gasteiger partial charge in [-0.3, -0.25) is 14.7 Å². The minimum Gasteiger partial charge on any atom is -0.452 e. The Bertz CT molecular complexity index is 1350. The summed E-state index contributed by atoms with van der Waals surface area (Å²) in [6, 6.07) is 19.4. The van der Waals surface area contributed by atoms with Crippen molar-refractivity contribution in [3.05, 3.63) is 94.6 Å².